The molecule has 1 atom stereocenters. The molecule has 0 N–H and O–H groups in total. The summed E-state index contributed by atoms with van der Waals surface area (Å²) in [5.74, 6) is -0.304. The average Bonchev–Trinajstić information content (AvgIpc) is 3.65. The summed E-state index contributed by atoms with van der Waals surface area (Å²) in [6, 6.07) is 0.650. The molecule has 1 aliphatic carbocycles. The number of nitrogens with zero attached hydrogens (tertiary/aromatic N) is 6. The van der Waals surface area contributed by atoms with Crippen LogP contribution in [0.2, 0.25) is 0 Å². The second-order valence-corrected chi connectivity index (χ2v) is 12.2. The third kappa shape index (κ3) is 5.72. The number of thiazole rings is 1. The predicted octanol–water partition coefficient (Wildman–Crippen LogP) is 5.70. The summed E-state index contributed by atoms with van der Waals surface area (Å²) in [5, 5.41) is 15.1. The molecule has 2 aliphatic heterocycles. The Morgan fingerprint density at radius 2 is 2.00 bits per heavy atom. The van der Waals surface area contributed by atoms with Gasteiger partial charge in [0.15, 0.2) is 5.60 Å². The average molecular weight is 585 g/mol. The number of hydrogen-bond donors (Lipinski definition) is 0. The van der Waals surface area contributed by atoms with Crippen molar-refractivity contribution in [2.24, 2.45) is 15.7 Å². The van der Waals surface area contributed by atoms with Gasteiger partial charge in [0.25, 0.3) is 12.9 Å². The van der Waals surface area contributed by atoms with E-state index >= 15 is 0 Å². The number of hydrogen-bond acceptors (Lipinski definition) is 8. The van der Waals surface area contributed by atoms with Gasteiger partial charge in [-0.15, -0.1) is 11.3 Å². The number of aromatic nitrogens is 3. The maximum Gasteiger partial charge on any atom is 0.282 e. The molecule has 1 unspecified atom stereocenters. The lowest BCUT2D eigenvalue weighted by Gasteiger charge is -2.40. The zero-order chi connectivity index (χ0) is 28.7. The highest BCUT2D eigenvalue weighted by molar-refractivity contribution is 7.10. The maximum absolute atomic E-state index is 13.3. The first-order valence-electron chi connectivity index (χ1n) is 13.2. The van der Waals surface area contributed by atoms with Crippen molar-refractivity contribution in [2.75, 3.05) is 20.2 Å². The molecule has 1 spiro atoms. The molecule has 1 amide bonds. The molecule has 1 saturated heterocycles. The van der Waals surface area contributed by atoms with Crippen molar-refractivity contribution in [3.8, 4) is 0 Å². The van der Waals surface area contributed by atoms with Gasteiger partial charge in [-0.05, 0) is 37.2 Å². The Balaban J connectivity index is 1.19. The Bertz CT molecular complexity index is 1300. The molecule has 9 nitrogen and oxygen atoms in total. The minimum absolute atomic E-state index is 0.0833. The lowest BCUT2D eigenvalue weighted by Crippen LogP contribution is -2.47. The van der Waals surface area contributed by atoms with Crippen LogP contribution in [-0.4, -0.2) is 62.8 Å². The first-order chi connectivity index (χ1) is 19.0. The number of carbonyl (C=O) groups excluding carboxylic acids is 1. The van der Waals surface area contributed by atoms with Crippen LogP contribution in [0.5, 0.6) is 0 Å². The van der Waals surface area contributed by atoms with Gasteiger partial charge in [-0.1, -0.05) is 24.2 Å². The van der Waals surface area contributed by atoms with Crippen molar-refractivity contribution >= 4 is 28.7 Å². The summed E-state index contributed by atoms with van der Waals surface area (Å²) < 4.78 is 53.1. The number of rotatable bonds is 7. The van der Waals surface area contributed by atoms with E-state index < -0.39 is 42.3 Å². The summed E-state index contributed by atoms with van der Waals surface area (Å²) in [4.78, 5) is 30.3. The van der Waals surface area contributed by atoms with Crippen molar-refractivity contribution < 1.29 is 32.0 Å². The topological polar surface area (TPSA) is 94.2 Å². The van der Waals surface area contributed by atoms with Gasteiger partial charge in [0.2, 0.25) is 5.91 Å². The van der Waals surface area contributed by atoms with Crippen LogP contribution in [0.4, 0.5) is 17.6 Å². The summed E-state index contributed by atoms with van der Waals surface area (Å²) in [6.07, 6.45) is -1.60. The monoisotopic (exact) mass is 584 g/mol. The molecule has 218 valence electrons. The molecule has 0 radical (unpaired) electrons. The third-order valence-electron chi connectivity index (χ3n) is 7.89. The Labute approximate surface area is 233 Å². The van der Waals surface area contributed by atoms with E-state index in [-0.39, 0.29) is 11.3 Å². The fraction of sp³-hybridized carbons (Fsp3) is 0.654. The first-order valence-corrected chi connectivity index (χ1v) is 14.1. The first kappa shape index (κ1) is 28.5. The molecule has 2 aromatic heterocycles. The molecule has 5 rings (SSSR count). The fourth-order valence-electron chi connectivity index (χ4n) is 5.82. The molecule has 0 aromatic carbocycles. The molecule has 2 fully saturated rings. The number of oxime groups is 2. The standard InChI is InChI=1S/C26H32F4N6O3S/c1-25(2)7-4-20(34-38-3)26(14-25)11-17(33-39-26)18-13-40-24(31-18)15-5-8-35(9-6-15)21(37)12-36-19(23(29)30)10-16(32-36)22(27)28/h10,13,15,22-23H,4-9,11-12,14H2,1-3H3/b34-20+. The number of alkyl halides is 4. The van der Waals surface area contributed by atoms with Crippen LogP contribution >= 0.6 is 11.3 Å². The van der Waals surface area contributed by atoms with Crippen LogP contribution in [0.15, 0.2) is 21.8 Å². The van der Waals surface area contributed by atoms with Crippen LogP contribution < -0.4 is 0 Å². The number of piperidine rings is 1. The summed E-state index contributed by atoms with van der Waals surface area (Å²) in [6.45, 7) is 4.73. The number of carbonyl (C=O) groups is 1. The van der Waals surface area contributed by atoms with Crippen LogP contribution in [-0.2, 0) is 21.0 Å². The van der Waals surface area contributed by atoms with Gasteiger partial charge in [-0.3, -0.25) is 9.48 Å². The number of likely N-dealkylation sites (tertiary alicyclic amines) is 1. The summed E-state index contributed by atoms with van der Waals surface area (Å²) in [7, 11) is 1.53. The molecule has 14 heteroatoms. The predicted molar refractivity (Wildman–Crippen MR) is 140 cm³/mol. The summed E-state index contributed by atoms with van der Waals surface area (Å²) >= 11 is 1.54. The number of halogens is 4. The smallest absolute Gasteiger partial charge is 0.282 e. The molecular formula is C26H32F4N6O3S. The van der Waals surface area contributed by atoms with E-state index in [1.807, 2.05) is 5.38 Å². The minimum Gasteiger partial charge on any atom is -0.399 e. The molecule has 40 heavy (non-hydrogen) atoms. The Morgan fingerprint density at radius 3 is 2.67 bits per heavy atom. The molecule has 1 saturated carbocycles. The highest BCUT2D eigenvalue weighted by Crippen LogP contribution is 2.46. The number of amides is 1. The lowest BCUT2D eigenvalue weighted by atomic mass is 9.67. The Morgan fingerprint density at radius 1 is 1.25 bits per heavy atom. The second-order valence-electron chi connectivity index (χ2n) is 11.3. The van der Waals surface area contributed by atoms with Crippen LogP contribution in [0.3, 0.4) is 0 Å². The molecule has 3 aliphatic rings. The zero-order valence-corrected chi connectivity index (χ0v) is 23.4. The highest BCUT2D eigenvalue weighted by Gasteiger charge is 2.51. The largest absolute Gasteiger partial charge is 0.399 e. The highest BCUT2D eigenvalue weighted by atomic mass is 32.1. The van der Waals surface area contributed by atoms with Gasteiger partial charge in [0.05, 0.1) is 10.7 Å². The molecular weight excluding hydrogens is 552 g/mol. The zero-order valence-electron chi connectivity index (χ0n) is 22.6. The minimum atomic E-state index is -3.01. The van der Waals surface area contributed by atoms with Gasteiger partial charge in [-0.2, -0.15) is 5.10 Å². The second kappa shape index (κ2) is 11.1. The van der Waals surface area contributed by atoms with Crippen molar-refractivity contribution in [1.29, 1.82) is 0 Å². The van der Waals surface area contributed by atoms with Gasteiger partial charge in [-0.25, -0.2) is 22.5 Å². The SMILES string of the molecule is CO/N=C1\CCC(C)(C)CC12CC(c1csc(C3CCN(C(=O)Cn4nc(C(F)F)cc4C(F)F)CC3)n1)=NO2. The van der Waals surface area contributed by atoms with Crippen molar-refractivity contribution in [3.63, 3.8) is 0 Å². The van der Waals surface area contributed by atoms with Crippen molar-refractivity contribution in [2.45, 2.75) is 83.3 Å². The van der Waals surface area contributed by atoms with Crippen molar-refractivity contribution in [1.82, 2.24) is 19.7 Å². The third-order valence-corrected chi connectivity index (χ3v) is 8.90. The van der Waals surface area contributed by atoms with Crippen LogP contribution in [0, 0.1) is 5.41 Å². The molecule has 0 bridgehead atoms. The normalized spacial score (nSPS) is 24.3. The Kier molecular flexibility index (Phi) is 7.90. The van der Waals surface area contributed by atoms with E-state index in [0.29, 0.717) is 43.1 Å². The van der Waals surface area contributed by atoms with E-state index in [9.17, 15) is 22.4 Å². The lowest BCUT2D eigenvalue weighted by molar-refractivity contribution is -0.133. The van der Waals surface area contributed by atoms with Crippen LogP contribution in [0.25, 0.3) is 0 Å². The van der Waals surface area contributed by atoms with Gasteiger partial charge >= 0.3 is 0 Å². The van der Waals surface area contributed by atoms with Gasteiger partial charge in [0, 0.05) is 37.2 Å². The fourth-order valence-corrected chi connectivity index (χ4v) is 6.82. The van der Waals surface area contributed by atoms with Crippen molar-refractivity contribution in [3.05, 3.63) is 33.5 Å². The quantitative estimate of drug-likeness (QED) is 0.308. The van der Waals surface area contributed by atoms with Crippen LogP contribution in [0.1, 0.15) is 93.2 Å². The van der Waals surface area contributed by atoms with E-state index in [0.717, 1.165) is 41.4 Å². The van der Waals surface area contributed by atoms with E-state index in [4.69, 9.17) is 14.7 Å². The molecule has 4 heterocycles. The van der Waals surface area contributed by atoms with Gasteiger partial charge in [0.1, 0.15) is 36.5 Å². The molecule has 2 aromatic rings. The van der Waals surface area contributed by atoms with E-state index in [1.54, 1.807) is 4.90 Å². The summed E-state index contributed by atoms with van der Waals surface area (Å²) in [5.41, 5.74) is 0.405. The maximum atomic E-state index is 13.3. The van der Waals surface area contributed by atoms with E-state index in [2.05, 4.69) is 29.3 Å². The van der Waals surface area contributed by atoms with Gasteiger partial charge < -0.3 is 14.6 Å². The van der Waals surface area contributed by atoms with E-state index in [1.165, 1.54) is 18.4 Å². The Hall–Kier alpha value is -3.03.